The summed E-state index contributed by atoms with van der Waals surface area (Å²) in [6.45, 7) is 0.0111. The van der Waals surface area contributed by atoms with Gasteiger partial charge in [0, 0.05) is 17.1 Å². The van der Waals surface area contributed by atoms with Gasteiger partial charge in [0.1, 0.15) is 4.90 Å². The minimum atomic E-state index is -3.70. The Bertz CT molecular complexity index is 602. The second kappa shape index (κ2) is 7.53. The third-order valence-electron chi connectivity index (χ3n) is 3.50. The van der Waals surface area contributed by atoms with Crippen LogP contribution in [0, 0.1) is 5.92 Å². The number of sulfonamides is 1. The largest absolute Gasteiger partial charge is 0.392 e. The minimum absolute atomic E-state index is 0.0169. The molecule has 21 heavy (non-hydrogen) atoms. The van der Waals surface area contributed by atoms with E-state index in [2.05, 4.69) is 4.72 Å². The molecule has 0 unspecified atom stereocenters. The van der Waals surface area contributed by atoms with Gasteiger partial charge in [-0.25, -0.2) is 13.1 Å². The first-order chi connectivity index (χ1) is 9.95. The first-order valence-electron chi connectivity index (χ1n) is 6.61. The lowest BCUT2D eigenvalue weighted by atomic mass is 10.0. The predicted molar refractivity (Wildman–Crippen MR) is 87.6 cm³/mol. The van der Waals surface area contributed by atoms with Crippen molar-refractivity contribution in [1.82, 2.24) is 4.72 Å². The van der Waals surface area contributed by atoms with Crippen molar-refractivity contribution in [3.05, 3.63) is 27.7 Å². The Labute approximate surface area is 139 Å². The highest BCUT2D eigenvalue weighted by Crippen LogP contribution is 2.31. The summed E-state index contributed by atoms with van der Waals surface area (Å²) in [4.78, 5) is -0.0391. The van der Waals surface area contributed by atoms with Crippen LogP contribution < -0.4 is 4.72 Å². The fourth-order valence-electron chi connectivity index (χ4n) is 2.18. The van der Waals surface area contributed by atoms with Crippen LogP contribution in [-0.4, -0.2) is 31.6 Å². The van der Waals surface area contributed by atoms with Crippen LogP contribution in [0.1, 0.15) is 18.4 Å². The van der Waals surface area contributed by atoms with Crippen LogP contribution in [-0.2, 0) is 16.6 Å². The van der Waals surface area contributed by atoms with Gasteiger partial charge in [-0.3, -0.25) is 0 Å². The van der Waals surface area contributed by atoms with Crippen LogP contribution in [0.25, 0.3) is 0 Å². The van der Waals surface area contributed by atoms with Gasteiger partial charge < -0.3 is 5.11 Å². The molecule has 4 nitrogen and oxygen atoms in total. The summed E-state index contributed by atoms with van der Waals surface area (Å²) in [7, 11) is -3.70. The molecule has 0 bridgehead atoms. The number of nitrogens with one attached hydrogen (secondary N) is 1. The molecule has 0 aliphatic carbocycles. The zero-order valence-electron chi connectivity index (χ0n) is 11.3. The Hall–Kier alpha value is 0.0200. The predicted octanol–water partition coefficient (Wildman–Crippen LogP) is 2.91. The minimum Gasteiger partial charge on any atom is -0.392 e. The Morgan fingerprint density at radius 2 is 1.95 bits per heavy atom. The Kier molecular flexibility index (Phi) is 6.23. The van der Waals surface area contributed by atoms with Gasteiger partial charge in [-0.1, -0.05) is 23.2 Å². The van der Waals surface area contributed by atoms with Gasteiger partial charge in [0.15, 0.2) is 0 Å². The SMILES string of the molecule is O=S(=O)(NCC1CCSCC1)c1ccc(Cl)c(CO)c1Cl. The van der Waals surface area contributed by atoms with E-state index in [-0.39, 0.29) is 20.5 Å². The van der Waals surface area contributed by atoms with Crippen molar-refractivity contribution in [2.45, 2.75) is 24.3 Å². The van der Waals surface area contributed by atoms with Gasteiger partial charge in [-0.05, 0) is 42.4 Å². The van der Waals surface area contributed by atoms with E-state index >= 15 is 0 Å². The van der Waals surface area contributed by atoms with Crippen LogP contribution in [0.2, 0.25) is 10.0 Å². The maximum Gasteiger partial charge on any atom is 0.242 e. The summed E-state index contributed by atoms with van der Waals surface area (Å²) in [6, 6.07) is 2.80. The molecule has 1 aliphatic rings. The Balaban J connectivity index is 2.15. The standard InChI is InChI=1S/C13H17Cl2NO3S2/c14-11-1-2-12(13(15)10(11)8-17)21(18,19)16-7-9-3-5-20-6-4-9/h1-2,9,16-17H,3-8H2. The number of halogens is 2. The highest BCUT2D eigenvalue weighted by molar-refractivity contribution is 7.99. The first kappa shape index (κ1) is 17.4. The number of thioether (sulfide) groups is 1. The molecule has 8 heteroatoms. The number of rotatable bonds is 5. The maximum atomic E-state index is 12.3. The molecule has 1 aromatic rings. The second-order valence-electron chi connectivity index (χ2n) is 4.90. The molecule has 0 spiro atoms. The van der Waals surface area contributed by atoms with Gasteiger partial charge >= 0.3 is 0 Å². The quantitative estimate of drug-likeness (QED) is 0.837. The van der Waals surface area contributed by atoms with Gasteiger partial charge in [-0.15, -0.1) is 0 Å². The molecule has 0 saturated carbocycles. The summed E-state index contributed by atoms with van der Waals surface area (Å²) in [5, 5.41) is 9.48. The Morgan fingerprint density at radius 3 is 2.57 bits per heavy atom. The van der Waals surface area contributed by atoms with E-state index in [0.717, 1.165) is 24.3 Å². The average Bonchev–Trinajstić information content (AvgIpc) is 2.46. The van der Waals surface area contributed by atoms with Crippen molar-refractivity contribution < 1.29 is 13.5 Å². The lowest BCUT2D eigenvalue weighted by Gasteiger charge is -2.21. The van der Waals surface area contributed by atoms with Gasteiger partial charge in [0.05, 0.1) is 11.6 Å². The van der Waals surface area contributed by atoms with Crippen LogP contribution >= 0.6 is 35.0 Å². The lowest BCUT2D eigenvalue weighted by molar-refractivity contribution is 0.281. The second-order valence-corrected chi connectivity index (χ2v) is 8.65. The third kappa shape index (κ3) is 4.27. The lowest BCUT2D eigenvalue weighted by Crippen LogP contribution is -2.31. The molecular weight excluding hydrogens is 353 g/mol. The molecule has 0 amide bonds. The molecule has 118 valence electrons. The fourth-order valence-corrected chi connectivity index (χ4v) is 5.40. The number of benzene rings is 1. The molecule has 2 N–H and O–H groups in total. The zero-order chi connectivity index (χ0) is 15.5. The summed E-state index contributed by atoms with van der Waals surface area (Å²) in [6.07, 6.45) is 2.03. The third-order valence-corrected chi connectivity index (χ3v) is 6.91. The average molecular weight is 370 g/mol. The number of hydrogen-bond acceptors (Lipinski definition) is 4. The summed E-state index contributed by atoms with van der Waals surface area (Å²) < 4.78 is 27.3. The normalized spacial score (nSPS) is 17.1. The summed E-state index contributed by atoms with van der Waals surface area (Å²) >= 11 is 13.8. The monoisotopic (exact) mass is 369 g/mol. The van der Waals surface area contributed by atoms with E-state index in [4.69, 9.17) is 23.2 Å². The van der Waals surface area contributed by atoms with Crippen LogP contribution in [0.3, 0.4) is 0 Å². The van der Waals surface area contributed by atoms with Crippen molar-refractivity contribution in [3.63, 3.8) is 0 Å². The van der Waals surface area contributed by atoms with Crippen molar-refractivity contribution in [2.24, 2.45) is 5.92 Å². The van der Waals surface area contributed by atoms with Crippen LogP contribution in [0.15, 0.2) is 17.0 Å². The number of aliphatic hydroxyl groups is 1. The van der Waals surface area contributed by atoms with Crippen molar-refractivity contribution in [2.75, 3.05) is 18.1 Å². The number of hydrogen-bond donors (Lipinski definition) is 2. The molecule has 1 heterocycles. The van der Waals surface area contributed by atoms with E-state index in [1.807, 2.05) is 11.8 Å². The topological polar surface area (TPSA) is 66.4 Å². The highest BCUT2D eigenvalue weighted by Gasteiger charge is 2.23. The van der Waals surface area contributed by atoms with Crippen LogP contribution in [0.4, 0.5) is 0 Å². The smallest absolute Gasteiger partial charge is 0.242 e. The summed E-state index contributed by atoms with van der Waals surface area (Å²) in [5.74, 6) is 2.51. The molecule has 1 saturated heterocycles. The van der Waals surface area contributed by atoms with Gasteiger partial charge in [-0.2, -0.15) is 11.8 Å². The summed E-state index contributed by atoms with van der Waals surface area (Å²) in [5.41, 5.74) is 0.232. The fraction of sp³-hybridized carbons (Fsp3) is 0.538. The molecular formula is C13H17Cl2NO3S2. The van der Waals surface area contributed by atoms with Crippen molar-refractivity contribution >= 4 is 45.0 Å². The van der Waals surface area contributed by atoms with E-state index in [9.17, 15) is 13.5 Å². The van der Waals surface area contributed by atoms with E-state index in [1.165, 1.54) is 12.1 Å². The van der Waals surface area contributed by atoms with E-state index in [0.29, 0.717) is 12.5 Å². The molecule has 2 rings (SSSR count). The molecule has 1 aliphatic heterocycles. The highest BCUT2D eigenvalue weighted by atomic mass is 35.5. The first-order valence-corrected chi connectivity index (χ1v) is 10.00. The van der Waals surface area contributed by atoms with E-state index in [1.54, 1.807) is 0 Å². The maximum absolute atomic E-state index is 12.3. The molecule has 0 aromatic heterocycles. The van der Waals surface area contributed by atoms with Crippen LogP contribution in [0.5, 0.6) is 0 Å². The molecule has 0 radical (unpaired) electrons. The molecule has 0 atom stereocenters. The zero-order valence-corrected chi connectivity index (χ0v) is 14.5. The molecule has 1 aromatic carbocycles. The van der Waals surface area contributed by atoms with E-state index < -0.39 is 16.6 Å². The van der Waals surface area contributed by atoms with Crippen molar-refractivity contribution in [3.8, 4) is 0 Å². The molecule has 1 fully saturated rings. The van der Waals surface area contributed by atoms with Crippen molar-refractivity contribution in [1.29, 1.82) is 0 Å². The number of aliphatic hydroxyl groups excluding tert-OH is 1. The van der Waals surface area contributed by atoms with Gasteiger partial charge in [0.2, 0.25) is 10.0 Å². The Morgan fingerprint density at radius 1 is 1.29 bits per heavy atom. The van der Waals surface area contributed by atoms with Gasteiger partial charge in [0.25, 0.3) is 0 Å².